The van der Waals surface area contributed by atoms with E-state index in [9.17, 15) is 14.4 Å². The van der Waals surface area contributed by atoms with Crippen LogP contribution in [0, 0.1) is 13.8 Å². The van der Waals surface area contributed by atoms with Crippen LogP contribution in [0.4, 0.5) is 5.00 Å². The highest BCUT2D eigenvalue weighted by Gasteiger charge is 2.22. The molecule has 0 saturated heterocycles. The summed E-state index contributed by atoms with van der Waals surface area (Å²) in [5.41, 5.74) is 4.66. The molecule has 0 bridgehead atoms. The van der Waals surface area contributed by atoms with Gasteiger partial charge in [-0.05, 0) is 88.2 Å². The quantitative estimate of drug-likeness (QED) is 0.177. The minimum absolute atomic E-state index is 0.239. The van der Waals surface area contributed by atoms with Crippen molar-refractivity contribution in [3.05, 3.63) is 69.6 Å². The first-order chi connectivity index (χ1) is 19.2. The van der Waals surface area contributed by atoms with Gasteiger partial charge in [0, 0.05) is 10.4 Å². The zero-order valence-corrected chi connectivity index (χ0v) is 24.1. The molecular weight excluding hydrogens is 534 g/mol. The molecule has 10 nitrogen and oxygen atoms in total. The summed E-state index contributed by atoms with van der Waals surface area (Å²) in [6, 6.07) is 11.6. The molecule has 2 aromatic carbocycles. The van der Waals surface area contributed by atoms with Crippen molar-refractivity contribution in [2.24, 2.45) is 5.10 Å². The van der Waals surface area contributed by atoms with E-state index >= 15 is 0 Å². The predicted molar refractivity (Wildman–Crippen MR) is 154 cm³/mol. The van der Waals surface area contributed by atoms with E-state index in [4.69, 9.17) is 18.9 Å². The summed E-state index contributed by atoms with van der Waals surface area (Å²) < 4.78 is 21.6. The van der Waals surface area contributed by atoms with Gasteiger partial charge >= 0.3 is 5.97 Å². The molecule has 1 heterocycles. The molecule has 40 heavy (non-hydrogen) atoms. The normalized spacial score (nSPS) is 11.6. The summed E-state index contributed by atoms with van der Waals surface area (Å²) in [7, 11) is 1.55. The van der Waals surface area contributed by atoms with Crippen molar-refractivity contribution in [2.75, 3.05) is 25.6 Å². The largest absolute Gasteiger partial charge is 0.493 e. The number of methoxy groups -OCH3 is 1. The molecule has 11 heteroatoms. The number of ether oxygens (including phenoxy) is 4. The van der Waals surface area contributed by atoms with Crippen molar-refractivity contribution in [2.45, 2.75) is 40.7 Å². The topological polar surface area (TPSA) is 125 Å². The van der Waals surface area contributed by atoms with E-state index < -0.39 is 18.0 Å². The summed E-state index contributed by atoms with van der Waals surface area (Å²) in [5, 5.41) is 7.23. The van der Waals surface area contributed by atoms with Crippen molar-refractivity contribution < 1.29 is 33.3 Å². The molecule has 2 amide bonds. The fourth-order valence-electron chi connectivity index (χ4n) is 3.58. The third-order valence-electron chi connectivity index (χ3n) is 5.77. The van der Waals surface area contributed by atoms with Gasteiger partial charge in [-0.15, -0.1) is 11.3 Å². The van der Waals surface area contributed by atoms with Crippen molar-refractivity contribution in [1.82, 2.24) is 5.43 Å². The number of rotatable bonds is 12. The minimum Gasteiger partial charge on any atom is -0.493 e. The van der Waals surface area contributed by atoms with Crippen LogP contribution in [0.15, 0.2) is 47.6 Å². The summed E-state index contributed by atoms with van der Waals surface area (Å²) in [5.74, 6) is 0.268. The SMILES string of the molecule is CCOC(=O)c1c(NC(=O)c2ccc(OC(C)C(=O)NN=Cc3ccc(OCC)c(OC)c3)cc2)sc(C)c1C. The molecule has 0 spiro atoms. The summed E-state index contributed by atoms with van der Waals surface area (Å²) in [6.07, 6.45) is 0.635. The van der Waals surface area contributed by atoms with Crippen molar-refractivity contribution in [1.29, 1.82) is 0 Å². The Bertz CT molecular complexity index is 1380. The second kappa shape index (κ2) is 14.1. The average Bonchev–Trinajstić information content (AvgIpc) is 3.22. The number of esters is 1. The van der Waals surface area contributed by atoms with Crippen molar-refractivity contribution >= 4 is 40.3 Å². The number of hydrazone groups is 1. The molecule has 0 aliphatic heterocycles. The number of hydrogen-bond donors (Lipinski definition) is 2. The van der Waals surface area contributed by atoms with Gasteiger partial charge in [0.05, 0.1) is 32.1 Å². The smallest absolute Gasteiger partial charge is 0.341 e. The van der Waals surface area contributed by atoms with Crippen LogP contribution in [0.2, 0.25) is 0 Å². The minimum atomic E-state index is -0.851. The molecule has 0 saturated carbocycles. The predicted octanol–water partition coefficient (Wildman–Crippen LogP) is 5.12. The Hall–Kier alpha value is -4.38. The molecule has 3 rings (SSSR count). The molecule has 0 fully saturated rings. The fraction of sp³-hybridized carbons (Fsp3) is 0.310. The molecule has 1 aromatic heterocycles. The number of anilines is 1. The van der Waals surface area contributed by atoms with Gasteiger partial charge in [0.2, 0.25) is 0 Å². The number of benzene rings is 2. The van der Waals surface area contributed by atoms with E-state index in [2.05, 4.69) is 15.8 Å². The zero-order chi connectivity index (χ0) is 29.2. The Kier molecular flexibility index (Phi) is 10.7. The lowest BCUT2D eigenvalue weighted by atomic mass is 10.1. The maximum Gasteiger partial charge on any atom is 0.341 e. The molecule has 2 N–H and O–H groups in total. The van der Waals surface area contributed by atoms with Gasteiger partial charge < -0.3 is 24.3 Å². The molecule has 1 atom stereocenters. The number of hydrogen-bond acceptors (Lipinski definition) is 9. The van der Waals surface area contributed by atoms with Crippen LogP contribution in [0.1, 0.15) is 57.5 Å². The summed E-state index contributed by atoms with van der Waals surface area (Å²) in [6.45, 7) is 9.65. The Labute approximate surface area is 237 Å². The molecule has 0 aliphatic rings. The highest BCUT2D eigenvalue weighted by Crippen LogP contribution is 2.33. The zero-order valence-electron chi connectivity index (χ0n) is 23.3. The van der Waals surface area contributed by atoms with Gasteiger partial charge in [-0.25, -0.2) is 10.2 Å². The number of thiophene rings is 1. The maximum atomic E-state index is 12.8. The van der Waals surface area contributed by atoms with Gasteiger partial charge in [-0.3, -0.25) is 9.59 Å². The lowest BCUT2D eigenvalue weighted by Gasteiger charge is -2.13. The number of aryl methyl sites for hydroxylation is 1. The first kappa shape index (κ1) is 30.2. The van der Waals surface area contributed by atoms with E-state index in [1.54, 1.807) is 63.4 Å². The van der Waals surface area contributed by atoms with Gasteiger partial charge in [-0.1, -0.05) is 0 Å². The summed E-state index contributed by atoms with van der Waals surface area (Å²) >= 11 is 1.32. The first-order valence-electron chi connectivity index (χ1n) is 12.7. The lowest BCUT2D eigenvalue weighted by molar-refractivity contribution is -0.127. The number of carbonyl (C=O) groups is 3. The van der Waals surface area contributed by atoms with Crippen LogP contribution >= 0.6 is 11.3 Å². The maximum absolute atomic E-state index is 12.8. The van der Waals surface area contributed by atoms with Crippen LogP contribution in [-0.2, 0) is 9.53 Å². The standard InChI is InChI=1S/C29H33N3O7S/c1-7-37-23-14-9-20(15-24(23)36-6)16-30-32-26(33)18(4)39-22-12-10-21(11-13-22)27(34)31-28-25(29(35)38-8-2)17(3)19(5)40-28/h9-16,18H,7-8H2,1-6H3,(H,31,34)(H,32,33). The third kappa shape index (κ3) is 7.60. The third-order valence-corrected chi connectivity index (χ3v) is 6.89. The van der Waals surface area contributed by atoms with Crippen LogP contribution < -0.4 is 25.0 Å². The molecule has 0 aliphatic carbocycles. The van der Waals surface area contributed by atoms with Crippen molar-refractivity contribution in [3.8, 4) is 17.2 Å². The van der Waals surface area contributed by atoms with Gasteiger partial charge in [0.15, 0.2) is 17.6 Å². The first-order valence-corrected chi connectivity index (χ1v) is 13.5. The number of nitrogens with zero attached hydrogens (tertiary/aromatic N) is 1. The Morgan fingerprint density at radius 1 is 1.02 bits per heavy atom. The second-order valence-electron chi connectivity index (χ2n) is 8.52. The van der Waals surface area contributed by atoms with Crippen LogP contribution in [0.3, 0.4) is 0 Å². The Balaban J connectivity index is 1.57. The van der Waals surface area contributed by atoms with E-state index in [0.717, 1.165) is 10.4 Å². The Morgan fingerprint density at radius 3 is 2.40 bits per heavy atom. The fourth-order valence-corrected chi connectivity index (χ4v) is 4.63. The lowest BCUT2D eigenvalue weighted by Crippen LogP contribution is -2.33. The summed E-state index contributed by atoms with van der Waals surface area (Å²) in [4.78, 5) is 38.6. The molecule has 3 aromatic rings. The van der Waals surface area contributed by atoms with Crippen LogP contribution in [0.5, 0.6) is 17.2 Å². The van der Waals surface area contributed by atoms with Crippen LogP contribution in [-0.4, -0.2) is 50.4 Å². The highest BCUT2D eigenvalue weighted by atomic mass is 32.1. The Morgan fingerprint density at radius 2 is 1.75 bits per heavy atom. The molecule has 0 radical (unpaired) electrons. The van der Waals surface area contributed by atoms with Gasteiger partial charge in [0.25, 0.3) is 11.8 Å². The number of amides is 2. The number of carbonyl (C=O) groups excluding carboxylic acids is 3. The molecule has 1 unspecified atom stereocenters. The number of nitrogens with one attached hydrogen (secondary N) is 2. The molecule has 212 valence electrons. The van der Waals surface area contributed by atoms with Gasteiger partial charge in [0.1, 0.15) is 10.8 Å². The molecular formula is C29H33N3O7S. The monoisotopic (exact) mass is 567 g/mol. The van der Waals surface area contributed by atoms with E-state index in [1.165, 1.54) is 17.6 Å². The average molecular weight is 568 g/mol. The van der Waals surface area contributed by atoms with E-state index in [0.29, 0.717) is 45.5 Å². The second-order valence-corrected chi connectivity index (χ2v) is 9.75. The van der Waals surface area contributed by atoms with E-state index in [-0.39, 0.29) is 12.5 Å². The van der Waals surface area contributed by atoms with E-state index in [1.807, 2.05) is 20.8 Å². The van der Waals surface area contributed by atoms with Crippen LogP contribution in [0.25, 0.3) is 0 Å². The van der Waals surface area contributed by atoms with Gasteiger partial charge in [-0.2, -0.15) is 5.10 Å². The highest BCUT2D eigenvalue weighted by molar-refractivity contribution is 7.16. The van der Waals surface area contributed by atoms with Crippen molar-refractivity contribution in [3.63, 3.8) is 0 Å².